The maximum Gasteiger partial charge on any atom is 0.159 e. The van der Waals surface area contributed by atoms with Crippen LogP contribution in [0.5, 0.6) is 0 Å². The van der Waals surface area contributed by atoms with E-state index in [1.54, 1.807) is 0 Å². The van der Waals surface area contributed by atoms with Crippen LogP contribution >= 0.6 is 0 Å². The predicted octanol–water partition coefficient (Wildman–Crippen LogP) is 15.4. The van der Waals surface area contributed by atoms with E-state index < -0.39 is 0 Å². The smallest absolute Gasteiger partial charge is 0.159 e. The zero-order valence-corrected chi connectivity index (χ0v) is 32.9. The average Bonchev–Trinajstić information content (AvgIpc) is 3.83. The lowest BCUT2D eigenvalue weighted by Gasteiger charge is -2.42. The van der Waals surface area contributed by atoms with Crippen LogP contribution in [-0.2, 0) is 10.8 Å². The largest absolute Gasteiger partial charge is 0.454 e. The molecule has 4 nitrogen and oxygen atoms in total. The number of para-hydroxylation sites is 6. The standard InChI is InChI=1S/C54H40N2O2/c1-53(2)39-19-7-9-21-43(39)55(47-23-13-17-37-35-15-5-11-25-49(35)57-51(37)47)45-29-27-33(31-41(45)53)34-28-30-46-42(32-34)54(3,4)40-20-8-10-22-44(40)56(46)48-24-14-18-38-36-16-6-12-26-50(36)58-52(38)48/h5-32H,1-4H3. The maximum atomic E-state index is 6.64. The van der Waals surface area contributed by atoms with Crippen molar-refractivity contribution < 1.29 is 8.83 Å². The molecular formula is C54H40N2O2. The Morgan fingerprint density at radius 1 is 0.328 bits per heavy atom. The maximum absolute atomic E-state index is 6.64. The fraction of sp³-hybridized carbons (Fsp3) is 0.111. The van der Waals surface area contributed by atoms with Gasteiger partial charge in [0, 0.05) is 32.4 Å². The molecule has 0 radical (unpaired) electrons. The minimum Gasteiger partial charge on any atom is -0.454 e. The van der Waals surface area contributed by atoms with E-state index in [9.17, 15) is 0 Å². The van der Waals surface area contributed by atoms with Crippen LogP contribution in [0.2, 0.25) is 0 Å². The van der Waals surface area contributed by atoms with Gasteiger partial charge in [-0.25, -0.2) is 0 Å². The quantitative estimate of drug-likeness (QED) is 0.180. The summed E-state index contributed by atoms with van der Waals surface area (Å²) in [5, 5.41) is 4.51. The summed E-state index contributed by atoms with van der Waals surface area (Å²) in [5.41, 5.74) is 17.3. The van der Waals surface area contributed by atoms with Gasteiger partial charge < -0.3 is 18.6 Å². The number of fused-ring (bicyclic) bond motifs is 10. The first kappa shape index (κ1) is 33.1. The Labute approximate surface area is 337 Å². The second-order valence-corrected chi connectivity index (χ2v) is 16.9. The molecule has 2 aliphatic heterocycles. The Kier molecular flexibility index (Phi) is 6.71. The van der Waals surface area contributed by atoms with Gasteiger partial charge in [0.25, 0.3) is 0 Å². The number of rotatable bonds is 3. The molecule has 4 heterocycles. The van der Waals surface area contributed by atoms with Crippen molar-refractivity contribution in [2.75, 3.05) is 9.80 Å². The molecule has 0 fully saturated rings. The molecule has 12 rings (SSSR count). The second-order valence-electron chi connectivity index (χ2n) is 16.9. The molecule has 0 aliphatic carbocycles. The number of hydrogen-bond donors (Lipinski definition) is 0. The van der Waals surface area contributed by atoms with Crippen molar-refractivity contribution in [1.29, 1.82) is 0 Å². The minimum atomic E-state index is -0.255. The van der Waals surface area contributed by atoms with Gasteiger partial charge in [0.2, 0.25) is 0 Å². The summed E-state index contributed by atoms with van der Waals surface area (Å²) in [4.78, 5) is 4.82. The van der Waals surface area contributed by atoms with E-state index in [-0.39, 0.29) is 10.8 Å². The summed E-state index contributed by atoms with van der Waals surface area (Å²) in [6.07, 6.45) is 0. The summed E-state index contributed by atoms with van der Waals surface area (Å²) in [7, 11) is 0. The Morgan fingerprint density at radius 3 is 1.16 bits per heavy atom. The van der Waals surface area contributed by atoms with Crippen molar-refractivity contribution in [3.05, 3.63) is 192 Å². The minimum absolute atomic E-state index is 0.255. The lowest BCUT2D eigenvalue weighted by atomic mass is 9.71. The molecule has 4 heteroatoms. The molecule has 58 heavy (non-hydrogen) atoms. The number of benzene rings is 8. The SMILES string of the molecule is CC1(C)c2ccccc2N(c2cccc3c2oc2ccccc23)c2ccc(-c3ccc4c(c3)C(C)(C)c3ccccc3N4c3cccc4c3oc3ccccc34)cc21. The molecule has 0 spiro atoms. The molecule has 2 aromatic heterocycles. The fourth-order valence-electron chi connectivity index (χ4n) is 10.1. The molecule has 0 amide bonds. The molecule has 0 bridgehead atoms. The van der Waals surface area contributed by atoms with E-state index in [4.69, 9.17) is 8.83 Å². The molecule has 278 valence electrons. The molecule has 0 saturated heterocycles. The second kappa shape index (κ2) is 11.7. The van der Waals surface area contributed by atoms with Gasteiger partial charge in [-0.1, -0.05) is 137 Å². The first-order chi connectivity index (χ1) is 28.3. The lowest BCUT2D eigenvalue weighted by molar-refractivity contribution is 0.629. The first-order valence-corrected chi connectivity index (χ1v) is 20.2. The van der Waals surface area contributed by atoms with Gasteiger partial charge in [0.1, 0.15) is 11.2 Å². The third-order valence-electron chi connectivity index (χ3n) is 13.0. The normalized spacial score (nSPS) is 15.1. The third kappa shape index (κ3) is 4.46. The molecule has 0 atom stereocenters. The van der Waals surface area contributed by atoms with Crippen molar-refractivity contribution in [2.24, 2.45) is 0 Å². The highest BCUT2D eigenvalue weighted by Crippen LogP contribution is 2.56. The van der Waals surface area contributed by atoms with E-state index in [1.165, 1.54) is 44.8 Å². The molecule has 2 aliphatic rings. The third-order valence-corrected chi connectivity index (χ3v) is 13.0. The average molecular weight is 749 g/mol. The van der Waals surface area contributed by atoms with Crippen molar-refractivity contribution in [2.45, 2.75) is 38.5 Å². The Morgan fingerprint density at radius 2 is 0.690 bits per heavy atom. The predicted molar refractivity (Wildman–Crippen MR) is 240 cm³/mol. The summed E-state index contributed by atoms with van der Waals surface area (Å²) in [5.74, 6) is 0. The number of anilines is 6. The number of hydrogen-bond acceptors (Lipinski definition) is 4. The van der Waals surface area contributed by atoms with Crippen LogP contribution < -0.4 is 9.80 Å². The van der Waals surface area contributed by atoms with Gasteiger partial charge in [-0.15, -0.1) is 0 Å². The zero-order chi connectivity index (χ0) is 38.9. The van der Waals surface area contributed by atoms with Crippen LogP contribution in [0.25, 0.3) is 55.0 Å². The van der Waals surface area contributed by atoms with E-state index in [2.05, 4.69) is 195 Å². The Balaban J connectivity index is 1.04. The van der Waals surface area contributed by atoms with Crippen molar-refractivity contribution in [1.82, 2.24) is 0 Å². The molecule has 0 saturated carbocycles. The summed E-state index contributed by atoms with van der Waals surface area (Å²) < 4.78 is 13.3. The Bertz CT molecular complexity index is 3100. The highest BCUT2D eigenvalue weighted by Gasteiger charge is 2.40. The van der Waals surface area contributed by atoms with Gasteiger partial charge in [0.15, 0.2) is 11.2 Å². The van der Waals surface area contributed by atoms with E-state index >= 15 is 0 Å². The van der Waals surface area contributed by atoms with Crippen LogP contribution in [0.3, 0.4) is 0 Å². The molecule has 0 N–H and O–H groups in total. The van der Waals surface area contributed by atoms with Crippen LogP contribution in [0.1, 0.15) is 49.9 Å². The van der Waals surface area contributed by atoms with Gasteiger partial charge >= 0.3 is 0 Å². The monoisotopic (exact) mass is 748 g/mol. The topological polar surface area (TPSA) is 32.8 Å². The van der Waals surface area contributed by atoms with Crippen molar-refractivity contribution in [3.8, 4) is 11.1 Å². The molecule has 10 aromatic rings. The number of nitrogens with zero attached hydrogens (tertiary/aromatic N) is 2. The highest BCUT2D eigenvalue weighted by atomic mass is 16.3. The van der Waals surface area contributed by atoms with Gasteiger partial charge in [-0.2, -0.15) is 0 Å². The van der Waals surface area contributed by atoms with Crippen LogP contribution in [-0.4, -0.2) is 0 Å². The molecule has 0 unspecified atom stereocenters. The highest BCUT2D eigenvalue weighted by molar-refractivity contribution is 6.12. The zero-order valence-electron chi connectivity index (χ0n) is 32.9. The van der Waals surface area contributed by atoms with Crippen LogP contribution in [0.4, 0.5) is 34.1 Å². The summed E-state index contributed by atoms with van der Waals surface area (Å²) in [6, 6.07) is 61.5. The van der Waals surface area contributed by atoms with Crippen molar-refractivity contribution >= 4 is 78.0 Å². The van der Waals surface area contributed by atoms with Gasteiger partial charge in [-0.3, -0.25) is 0 Å². The summed E-state index contributed by atoms with van der Waals surface area (Å²) >= 11 is 0. The van der Waals surface area contributed by atoms with E-state index in [0.29, 0.717) is 0 Å². The van der Waals surface area contributed by atoms with Crippen LogP contribution in [0, 0.1) is 0 Å². The summed E-state index contributed by atoms with van der Waals surface area (Å²) in [6.45, 7) is 9.43. The van der Waals surface area contributed by atoms with E-state index in [1.807, 2.05) is 12.1 Å². The molecule has 8 aromatic carbocycles. The van der Waals surface area contributed by atoms with E-state index in [0.717, 1.165) is 66.6 Å². The molecular weight excluding hydrogens is 709 g/mol. The number of furan rings is 2. The van der Waals surface area contributed by atoms with Crippen LogP contribution in [0.15, 0.2) is 179 Å². The van der Waals surface area contributed by atoms with Gasteiger partial charge in [-0.05, 0) is 94.0 Å². The first-order valence-electron chi connectivity index (χ1n) is 20.2. The Hall–Kier alpha value is -7.04. The fourth-order valence-corrected chi connectivity index (χ4v) is 10.1. The van der Waals surface area contributed by atoms with Crippen molar-refractivity contribution in [3.63, 3.8) is 0 Å². The lowest BCUT2D eigenvalue weighted by Crippen LogP contribution is -2.31. The van der Waals surface area contributed by atoms with Gasteiger partial charge in [0.05, 0.1) is 34.1 Å².